The number of hydrogen-bond acceptors (Lipinski definition) is 17. The summed E-state index contributed by atoms with van der Waals surface area (Å²) in [6.07, 6.45) is -12.6. The predicted octanol–water partition coefficient (Wildman–Crippen LogP) is 2.44. The first kappa shape index (κ1) is 53.9. The number of hydrogen-bond donors (Lipinski definition) is 9. The fraction of sp³-hybridized carbons (Fsp3) is 0.824. The average molecular weight is 979 g/mol. The summed E-state index contributed by atoms with van der Waals surface area (Å²) in [5, 5.41) is 101. The first-order chi connectivity index (χ1) is 32.1. The fourth-order valence-electron chi connectivity index (χ4n) is 14.8. The van der Waals surface area contributed by atoms with Crippen LogP contribution in [0.2, 0.25) is 0 Å². The average Bonchev–Trinajstić information content (AvgIpc) is 3.57. The molecule has 21 atom stereocenters. The quantitative estimate of drug-likeness (QED) is 0.0622. The minimum Gasteiger partial charge on any atom is -0.479 e. The highest BCUT2D eigenvalue weighted by Crippen LogP contribution is 2.76. The third kappa shape index (κ3) is 8.10. The molecule has 2 heterocycles. The highest BCUT2D eigenvalue weighted by molar-refractivity contribution is 5.89. The number of aliphatic hydroxyl groups excluding tert-OH is 8. The number of carboxylic acid groups (broad SMARTS) is 1. The van der Waals surface area contributed by atoms with E-state index in [9.17, 15) is 60.3 Å². The third-order valence-corrected chi connectivity index (χ3v) is 19.2. The lowest BCUT2D eigenvalue weighted by Gasteiger charge is -2.73. The molecule has 18 heteroatoms. The van der Waals surface area contributed by atoms with Gasteiger partial charge in [0.15, 0.2) is 24.8 Å². The molecule has 7 rings (SSSR count). The zero-order chi connectivity index (χ0) is 51.3. The molecule has 0 aromatic carbocycles. The normalized spacial score (nSPS) is 48.2. The van der Waals surface area contributed by atoms with Gasteiger partial charge < -0.3 is 74.4 Å². The molecule has 2 saturated heterocycles. The van der Waals surface area contributed by atoms with E-state index < -0.39 is 155 Å². The molecule has 0 amide bonds. The fourth-order valence-corrected chi connectivity index (χ4v) is 14.8. The van der Waals surface area contributed by atoms with E-state index in [2.05, 4.69) is 33.8 Å². The zero-order valence-electron chi connectivity index (χ0n) is 41.9. The molecule has 9 N–H and O–H groups in total. The van der Waals surface area contributed by atoms with Crippen LogP contribution < -0.4 is 0 Å². The second-order valence-electron chi connectivity index (χ2n) is 23.2. The molecule has 0 spiro atoms. The second kappa shape index (κ2) is 18.9. The smallest absolute Gasteiger partial charge is 0.335 e. The molecule has 69 heavy (non-hydrogen) atoms. The maximum absolute atomic E-state index is 13.7. The van der Waals surface area contributed by atoms with Crippen LogP contribution in [0.3, 0.4) is 0 Å². The van der Waals surface area contributed by atoms with Crippen LogP contribution in [-0.4, -0.2) is 163 Å². The molecular weight excluding hydrogens is 901 g/mol. The summed E-state index contributed by atoms with van der Waals surface area (Å²) < 4.78 is 36.0. The molecule has 0 bridgehead atoms. The van der Waals surface area contributed by atoms with Crippen molar-refractivity contribution in [3.63, 3.8) is 0 Å². The van der Waals surface area contributed by atoms with Gasteiger partial charge >= 0.3 is 17.9 Å². The number of ether oxygens (including phenoxy) is 6. The number of esters is 2. The van der Waals surface area contributed by atoms with Crippen LogP contribution in [0, 0.1) is 50.2 Å². The van der Waals surface area contributed by atoms with Crippen LogP contribution in [0.15, 0.2) is 34.9 Å². The SMILES string of the molecule is C/C=C(/C)C(=O)O[C@H]1[C@H](OC(=O)/C(C)=C\C)[C@@]2(CO)C(CC1(C)C)C1=CCC3[C@@]4(C)CC[C@H](O[C@@H]5OC(C(=O)O)[C@@H](O)[C@@H](O[C@@H]6O[C@@H](CO)[C@@H](O)C6O)C5O)C(C)(C)C4CC[C@@]3(C)[C@]1(C)[C@@H](O)[C@H]2O. The topological polar surface area (TPSA) is 289 Å². The van der Waals surface area contributed by atoms with Crippen molar-refractivity contribution in [2.75, 3.05) is 13.2 Å². The van der Waals surface area contributed by atoms with Gasteiger partial charge in [0.25, 0.3) is 0 Å². The predicted molar refractivity (Wildman–Crippen MR) is 244 cm³/mol. The van der Waals surface area contributed by atoms with Crippen molar-refractivity contribution in [3.05, 3.63) is 34.9 Å². The minimum absolute atomic E-state index is 0.0292. The molecule has 4 saturated carbocycles. The van der Waals surface area contributed by atoms with Crippen molar-refractivity contribution in [2.24, 2.45) is 50.2 Å². The van der Waals surface area contributed by atoms with E-state index in [0.717, 1.165) is 5.57 Å². The van der Waals surface area contributed by atoms with Crippen molar-refractivity contribution < 1.29 is 88.8 Å². The van der Waals surface area contributed by atoms with Crippen LogP contribution in [0.5, 0.6) is 0 Å². The Bertz CT molecular complexity index is 2070. The van der Waals surface area contributed by atoms with E-state index in [4.69, 9.17) is 28.4 Å². The maximum atomic E-state index is 13.7. The van der Waals surface area contributed by atoms with Gasteiger partial charge in [-0.1, -0.05) is 72.3 Å². The molecule has 0 aromatic rings. The van der Waals surface area contributed by atoms with Gasteiger partial charge in [-0.25, -0.2) is 14.4 Å². The summed E-state index contributed by atoms with van der Waals surface area (Å²) >= 11 is 0. The van der Waals surface area contributed by atoms with Crippen LogP contribution in [-0.2, 0) is 42.8 Å². The summed E-state index contributed by atoms with van der Waals surface area (Å²) in [6.45, 7) is 19.7. The summed E-state index contributed by atoms with van der Waals surface area (Å²) in [5.41, 5.74) is -3.75. The molecule has 6 fully saturated rings. The van der Waals surface area contributed by atoms with Crippen molar-refractivity contribution >= 4 is 17.9 Å². The summed E-state index contributed by atoms with van der Waals surface area (Å²) in [4.78, 5) is 39.6. The van der Waals surface area contributed by atoms with Crippen LogP contribution >= 0.6 is 0 Å². The van der Waals surface area contributed by atoms with Gasteiger partial charge in [0, 0.05) is 22.0 Å². The zero-order valence-corrected chi connectivity index (χ0v) is 41.9. The largest absolute Gasteiger partial charge is 0.479 e. The van der Waals surface area contributed by atoms with Crippen LogP contribution in [0.4, 0.5) is 0 Å². The highest BCUT2D eigenvalue weighted by Gasteiger charge is 2.76. The van der Waals surface area contributed by atoms with Gasteiger partial charge in [-0.3, -0.25) is 0 Å². The molecule has 18 nitrogen and oxygen atoms in total. The van der Waals surface area contributed by atoms with Crippen molar-refractivity contribution in [1.29, 1.82) is 0 Å². The number of rotatable bonds is 11. The van der Waals surface area contributed by atoms with E-state index in [1.54, 1.807) is 39.8 Å². The van der Waals surface area contributed by atoms with Crippen molar-refractivity contribution in [2.45, 2.75) is 201 Å². The molecule has 7 aliphatic rings. The lowest BCUT2D eigenvalue weighted by molar-refractivity contribution is -0.344. The van der Waals surface area contributed by atoms with Gasteiger partial charge in [-0.05, 0) is 100 Å². The number of carbonyl (C=O) groups is 3. The Balaban J connectivity index is 1.20. The highest BCUT2D eigenvalue weighted by atomic mass is 16.7. The Labute approximate surface area is 404 Å². The van der Waals surface area contributed by atoms with Gasteiger partial charge in [0.1, 0.15) is 42.7 Å². The number of carbonyl (C=O) groups excluding carboxylic acids is 2. The molecule has 6 unspecified atom stereocenters. The molecule has 5 aliphatic carbocycles. The number of allylic oxidation sites excluding steroid dienone is 3. The summed E-state index contributed by atoms with van der Waals surface area (Å²) in [6, 6.07) is 0. The lowest BCUT2D eigenvalue weighted by atomic mass is 9.32. The van der Waals surface area contributed by atoms with Crippen LogP contribution in [0.1, 0.15) is 115 Å². The number of aliphatic hydroxyl groups is 8. The molecular formula is C51H78O18. The first-order valence-electron chi connectivity index (χ1n) is 24.6. The Hall–Kier alpha value is -2.85. The molecule has 2 aliphatic heterocycles. The van der Waals surface area contributed by atoms with Crippen molar-refractivity contribution in [1.82, 2.24) is 0 Å². The van der Waals surface area contributed by atoms with Gasteiger partial charge in [-0.15, -0.1) is 0 Å². The van der Waals surface area contributed by atoms with E-state index in [1.165, 1.54) is 0 Å². The minimum atomic E-state index is -1.94. The number of fused-ring (bicyclic) bond motifs is 7. The maximum Gasteiger partial charge on any atom is 0.335 e. The Kier molecular flexibility index (Phi) is 14.8. The first-order valence-corrected chi connectivity index (χ1v) is 24.6. The second-order valence-corrected chi connectivity index (χ2v) is 23.2. The van der Waals surface area contributed by atoms with Crippen molar-refractivity contribution in [3.8, 4) is 0 Å². The van der Waals surface area contributed by atoms with E-state index in [0.29, 0.717) is 44.1 Å². The van der Waals surface area contributed by atoms with Gasteiger partial charge in [0.05, 0.1) is 36.9 Å². The van der Waals surface area contributed by atoms with E-state index in [-0.39, 0.29) is 17.4 Å². The molecule has 390 valence electrons. The van der Waals surface area contributed by atoms with Gasteiger partial charge in [0.2, 0.25) is 0 Å². The Morgan fingerprint density at radius 3 is 1.88 bits per heavy atom. The standard InChI is InChI=1S/C51H78O18/c1-12-23(3)42(62)68-39-40(69-43(63)24(4)13-2)51(22-53)26(20-46(39,5)6)25-14-15-29-48(9)18-17-30(47(7,8)28(48)16-19-49(29,10)50(25,11)37(58)38(51)59)65-45-34(57)35(33(56)36(67-45)41(60)61)66-44-32(55)31(54)27(21-52)64-44/h12-14,26-40,44-45,52-59H,15-22H2,1-11H3,(H,60,61)/b23-12-,24-13-/t26?,27-,28?,29?,30-,31+,32?,33-,34?,35+,36?,37-,38+,39-,40-,44-,45+,48-,49+,50-,51-/m0/s1. The van der Waals surface area contributed by atoms with E-state index in [1.807, 2.05) is 20.8 Å². The summed E-state index contributed by atoms with van der Waals surface area (Å²) in [5.74, 6) is -3.57. The number of aliphatic carboxylic acids is 1. The Morgan fingerprint density at radius 2 is 1.33 bits per heavy atom. The van der Waals surface area contributed by atoms with E-state index >= 15 is 0 Å². The molecule has 0 radical (unpaired) electrons. The monoisotopic (exact) mass is 979 g/mol. The third-order valence-electron chi connectivity index (χ3n) is 19.2. The number of carboxylic acids is 1. The lowest BCUT2D eigenvalue weighted by Crippen LogP contribution is -2.76. The van der Waals surface area contributed by atoms with Gasteiger partial charge in [-0.2, -0.15) is 0 Å². The van der Waals surface area contributed by atoms with Crippen LogP contribution in [0.25, 0.3) is 0 Å². The summed E-state index contributed by atoms with van der Waals surface area (Å²) in [7, 11) is 0. The Morgan fingerprint density at radius 1 is 0.739 bits per heavy atom. The molecule has 0 aromatic heterocycles.